The van der Waals surface area contributed by atoms with E-state index in [0.29, 0.717) is 0 Å². The highest BCUT2D eigenvalue weighted by Crippen LogP contribution is 2.25. The van der Waals surface area contributed by atoms with Crippen LogP contribution < -0.4 is 25.8 Å². The first kappa shape index (κ1) is 21.8. The first-order chi connectivity index (χ1) is 14.2. The summed E-state index contributed by atoms with van der Waals surface area (Å²) in [5, 5.41) is 10.6. The zero-order valence-electron chi connectivity index (χ0n) is 17.9. The summed E-state index contributed by atoms with van der Waals surface area (Å²) in [5.74, 6) is 2.88. The molecule has 3 rings (SSSR count). The van der Waals surface area contributed by atoms with Gasteiger partial charge >= 0.3 is 0 Å². The van der Waals surface area contributed by atoms with E-state index in [1.165, 1.54) is 25.7 Å². The molecule has 0 spiro atoms. The van der Waals surface area contributed by atoms with Gasteiger partial charge in [0.15, 0.2) is 5.11 Å². The minimum absolute atomic E-state index is 0.726. The second-order valence-corrected chi connectivity index (χ2v) is 8.22. The third-order valence-corrected chi connectivity index (χ3v) is 5.72. The van der Waals surface area contributed by atoms with Crippen molar-refractivity contribution in [2.24, 2.45) is 0 Å². The molecule has 2 aliphatic heterocycles. The molecule has 0 unspecified atom stereocenters. The molecule has 3 N–H and O–H groups in total. The highest BCUT2D eigenvalue weighted by molar-refractivity contribution is 7.80. The maximum Gasteiger partial charge on any atom is 0.229 e. The molecule has 162 valence electrons. The van der Waals surface area contributed by atoms with Gasteiger partial charge in [0.25, 0.3) is 0 Å². The lowest BCUT2D eigenvalue weighted by molar-refractivity contribution is 0.351. The van der Waals surface area contributed by atoms with E-state index in [0.717, 1.165) is 81.6 Å². The van der Waals surface area contributed by atoms with E-state index in [-0.39, 0.29) is 0 Å². The van der Waals surface area contributed by atoms with Crippen LogP contribution in [-0.4, -0.2) is 85.9 Å². The third-order valence-electron chi connectivity index (χ3n) is 5.44. The molecule has 0 saturated carbocycles. The highest BCUT2D eigenvalue weighted by Gasteiger charge is 2.20. The quantitative estimate of drug-likeness (QED) is 0.489. The van der Waals surface area contributed by atoms with Gasteiger partial charge in [-0.2, -0.15) is 9.97 Å². The number of nitrogens with one attached hydrogen (secondary N) is 3. The van der Waals surface area contributed by atoms with Gasteiger partial charge in [-0.25, -0.2) is 0 Å². The average molecular weight is 421 g/mol. The molecule has 1 aromatic heterocycles. The van der Waals surface area contributed by atoms with Crippen molar-refractivity contribution in [3.8, 4) is 0 Å². The lowest BCUT2D eigenvalue weighted by Crippen LogP contribution is -2.40. The Morgan fingerprint density at radius 1 is 1.00 bits per heavy atom. The number of anilines is 3. The van der Waals surface area contributed by atoms with Crippen LogP contribution in [0.3, 0.4) is 0 Å². The summed E-state index contributed by atoms with van der Waals surface area (Å²) < 4.78 is 0. The van der Waals surface area contributed by atoms with Gasteiger partial charge in [-0.15, -0.1) is 0 Å². The highest BCUT2D eigenvalue weighted by atomic mass is 32.1. The predicted octanol–water partition coefficient (Wildman–Crippen LogP) is 1.50. The van der Waals surface area contributed by atoms with E-state index in [1.54, 1.807) is 0 Å². The number of rotatable bonds is 10. The van der Waals surface area contributed by atoms with E-state index in [2.05, 4.69) is 43.8 Å². The predicted molar refractivity (Wildman–Crippen MR) is 125 cm³/mol. The molecule has 0 atom stereocenters. The number of aromatic nitrogens is 2. The summed E-state index contributed by atoms with van der Waals surface area (Å²) >= 11 is 5.20. The number of hydrogen-bond acceptors (Lipinski definition) is 7. The second-order valence-electron chi connectivity index (χ2n) is 7.82. The lowest BCUT2D eigenvalue weighted by Gasteiger charge is -2.22. The van der Waals surface area contributed by atoms with Gasteiger partial charge < -0.3 is 30.7 Å². The smallest absolute Gasteiger partial charge is 0.229 e. The topological polar surface area (TPSA) is 71.6 Å². The lowest BCUT2D eigenvalue weighted by atomic mass is 10.4. The van der Waals surface area contributed by atoms with Crippen LogP contribution in [0.2, 0.25) is 0 Å². The Morgan fingerprint density at radius 2 is 1.66 bits per heavy atom. The van der Waals surface area contributed by atoms with Crippen LogP contribution >= 0.6 is 12.2 Å². The maximum absolute atomic E-state index is 5.20. The third kappa shape index (κ3) is 6.85. The molecule has 3 heterocycles. The minimum Gasteiger partial charge on any atom is -0.369 e. The van der Waals surface area contributed by atoms with Gasteiger partial charge in [-0.05, 0) is 51.9 Å². The molecule has 2 fully saturated rings. The minimum atomic E-state index is 0.726. The molecular weight excluding hydrogens is 384 g/mol. The van der Waals surface area contributed by atoms with Crippen molar-refractivity contribution in [1.29, 1.82) is 0 Å². The zero-order chi connectivity index (χ0) is 20.5. The molecular formula is C20H36N8S. The molecule has 0 bridgehead atoms. The van der Waals surface area contributed by atoms with E-state index in [4.69, 9.17) is 22.2 Å². The Hall–Kier alpha value is -1.87. The van der Waals surface area contributed by atoms with Crippen molar-refractivity contribution in [2.75, 3.05) is 81.1 Å². The Morgan fingerprint density at radius 3 is 2.34 bits per heavy atom. The van der Waals surface area contributed by atoms with Gasteiger partial charge in [0.05, 0.1) is 0 Å². The number of nitrogens with zero attached hydrogens (tertiary/aromatic N) is 5. The number of thiocarbonyl (C=S) groups is 1. The Kier molecular flexibility index (Phi) is 8.54. The first-order valence-electron chi connectivity index (χ1n) is 11.0. The Labute approximate surface area is 180 Å². The molecule has 8 nitrogen and oxygen atoms in total. The largest absolute Gasteiger partial charge is 0.369 e. The maximum atomic E-state index is 5.20. The first-order valence-corrected chi connectivity index (χ1v) is 11.4. The van der Waals surface area contributed by atoms with Crippen LogP contribution in [0.15, 0.2) is 6.07 Å². The van der Waals surface area contributed by atoms with Crippen LogP contribution in [0.25, 0.3) is 0 Å². The van der Waals surface area contributed by atoms with E-state index < -0.39 is 0 Å². The van der Waals surface area contributed by atoms with Gasteiger partial charge in [0, 0.05) is 65.0 Å². The Bertz CT molecular complexity index is 609. The van der Waals surface area contributed by atoms with Crippen molar-refractivity contribution in [3.05, 3.63) is 6.07 Å². The van der Waals surface area contributed by atoms with Crippen LogP contribution in [0.4, 0.5) is 17.6 Å². The van der Waals surface area contributed by atoms with Crippen LogP contribution in [0.1, 0.15) is 32.6 Å². The summed E-state index contributed by atoms with van der Waals surface area (Å²) in [6.07, 6.45) is 4.97. The summed E-state index contributed by atoms with van der Waals surface area (Å²) in [7, 11) is 2.13. The van der Waals surface area contributed by atoms with Crippen molar-refractivity contribution in [2.45, 2.75) is 32.6 Å². The normalized spacial score (nSPS) is 16.5. The SMILES string of the molecule is CCNC(=S)NCCN(C)CCNc1cc(N2CCCC2)nc(N2CCCC2)n1. The van der Waals surface area contributed by atoms with Crippen LogP contribution in [-0.2, 0) is 0 Å². The molecule has 0 aliphatic carbocycles. The van der Waals surface area contributed by atoms with E-state index in [1.807, 2.05) is 6.92 Å². The summed E-state index contributed by atoms with van der Waals surface area (Å²) in [6.45, 7) is 10.8. The Balaban J connectivity index is 1.50. The van der Waals surface area contributed by atoms with Crippen molar-refractivity contribution in [3.63, 3.8) is 0 Å². The fraction of sp³-hybridized carbons (Fsp3) is 0.750. The fourth-order valence-electron chi connectivity index (χ4n) is 3.75. The molecule has 1 aromatic rings. The molecule has 2 aliphatic rings. The van der Waals surface area contributed by atoms with Crippen LogP contribution in [0.5, 0.6) is 0 Å². The molecule has 9 heteroatoms. The molecule has 0 amide bonds. The van der Waals surface area contributed by atoms with Gasteiger partial charge in [-0.3, -0.25) is 0 Å². The van der Waals surface area contributed by atoms with Crippen LogP contribution in [0, 0.1) is 0 Å². The summed E-state index contributed by atoms with van der Waals surface area (Å²) in [5.41, 5.74) is 0. The number of hydrogen-bond donors (Lipinski definition) is 3. The molecule has 2 saturated heterocycles. The average Bonchev–Trinajstić information content (AvgIpc) is 3.42. The van der Waals surface area contributed by atoms with Crippen molar-refractivity contribution in [1.82, 2.24) is 25.5 Å². The van der Waals surface area contributed by atoms with Gasteiger partial charge in [-0.1, -0.05) is 0 Å². The standard InChI is InChI=1S/C20H36N8S/c1-3-21-20(29)23-9-15-26(2)14-8-22-17-16-18(27-10-4-5-11-27)25-19(24-17)28-12-6-7-13-28/h16H,3-15H2,1-2H3,(H2,21,23,29)(H,22,24,25). The van der Waals surface area contributed by atoms with Crippen molar-refractivity contribution >= 4 is 34.9 Å². The summed E-state index contributed by atoms with van der Waals surface area (Å²) in [6, 6.07) is 2.11. The second kappa shape index (κ2) is 11.3. The van der Waals surface area contributed by atoms with Gasteiger partial charge in [0.2, 0.25) is 5.95 Å². The van der Waals surface area contributed by atoms with Crippen molar-refractivity contribution < 1.29 is 0 Å². The zero-order valence-corrected chi connectivity index (χ0v) is 18.7. The molecule has 0 radical (unpaired) electrons. The fourth-order valence-corrected chi connectivity index (χ4v) is 4.00. The number of likely N-dealkylation sites (N-methyl/N-ethyl adjacent to an activating group) is 1. The van der Waals surface area contributed by atoms with E-state index >= 15 is 0 Å². The van der Waals surface area contributed by atoms with E-state index in [9.17, 15) is 0 Å². The molecule has 29 heavy (non-hydrogen) atoms. The summed E-state index contributed by atoms with van der Waals surface area (Å²) in [4.78, 5) is 16.7. The monoisotopic (exact) mass is 420 g/mol. The van der Waals surface area contributed by atoms with Gasteiger partial charge in [0.1, 0.15) is 11.6 Å². The molecule has 0 aromatic carbocycles.